The average molecular weight is 426 g/mol. The summed E-state index contributed by atoms with van der Waals surface area (Å²) in [7, 11) is 1.39. The molecule has 3 N–H and O–H groups in total. The molecule has 162 valence electrons. The van der Waals surface area contributed by atoms with Gasteiger partial charge in [-0.1, -0.05) is 5.16 Å². The van der Waals surface area contributed by atoms with Gasteiger partial charge in [0.25, 0.3) is 0 Å². The second-order valence-corrected chi connectivity index (χ2v) is 6.87. The molecule has 8 nitrogen and oxygen atoms in total. The number of benzene rings is 1. The van der Waals surface area contributed by atoms with Crippen molar-refractivity contribution in [1.82, 2.24) is 4.57 Å². The molecule has 0 radical (unpaired) electrons. The number of hydrogen-bond acceptors (Lipinski definition) is 6. The zero-order chi connectivity index (χ0) is 22.0. The van der Waals surface area contributed by atoms with Crippen LogP contribution in [0.2, 0.25) is 0 Å². The van der Waals surface area contributed by atoms with Crippen LogP contribution in [-0.4, -0.2) is 54.8 Å². The van der Waals surface area contributed by atoms with Crippen LogP contribution in [0, 0.1) is 17.6 Å². The van der Waals surface area contributed by atoms with E-state index in [1.807, 2.05) is 0 Å². The third kappa shape index (κ3) is 3.72. The van der Waals surface area contributed by atoms with Crippen LogP contribution in [0.5, 0.6) is 0 Å². The van der Waals surface area contributed by atoms with E-state index in [0.717, 1.165) is 16.8 Å². The van der Waals surface area contributed by atoms with Gasteiger partial charge in [0.1, 0.15) is 30.9 Å². The van der Waals surface area contributed by atoms with Crippen molar-refractivity contribution in [3.8, 4) is 0 Å². The van der Waals surface area contributed by atoms with Gasteiger partial charge in [-0.15, -0.1) is 0 Å². The van der Waals surface area contributed by atoms with Crippen LogP contribution in [-0.2, 0) is 11.4 Å². The van der Waals surface area contributed by atoms with Gasteiger partial charge in [0, 0.05) is 38.2 Å². The summed E-state index contributed by atoms with van der Waals surface area (Å²) in [6.45, 7) is -0.755. The molecule has 0 spiro atoms. The summed E-state index contributed by atoms with van der Waals surface area (Å²) in [4.78, 5) is 30.0. The molecule has 1 unspecified atom stereocenters. The number of anilines is 1. The van der Waals surface area contributed by atoms with Crippen LogP contribution in [0.15, 0.2) is 22.2 Å². The van der Waals surface area contributed by atoms with Gasteiger partial charge in [-0.3, -0.25) is 4.79 Å². The van der Waals surface area contributed by atoms with Crippen molar-refractivity contribution in [2.45, 2.75) is 13.0 Å². The summed E-state index contributed by atoms with van der Waals surface area (Å²) in [5.41, 5.74) is 3.99. The molecule has 0 aliphatic carbocycles. The molecule has 0 bridgehead atoms. The number of hydrogen-bond donors (Lipinski definition) is 2. The van der Waals surface area contributed by atoms with E-state index >= 15 is 4.39 Å². The number of carboxylic acids is 1. The van der Waals surface area contributed by atoms with Gasteiger partial charge in [-0.25, -0.2) is 18.0 Å². The fourth-order valence-electron chi connectivity index (χ4n) is 3.75. The first-order valence-electron chi connectivity index (χ1n) is 9.23. The molecular weight excluding hydrogens is 405 g/mol. The van der Waals surface area contributed by atoms with Crippen molar-refractivity contribution in [2.75, 3.05) is 38.3 Å². The molecule has 1 aromatic heterocycles. The van der Waals surface area contributed by atoms with Crippen LogP contribution in [0.4, 0.5) is 18.9 Å². The van der Waals surface area contributed by atoms with Gasteiger partial charge < -0.3 is 25.1 Å². The van der Waals surface area contributed by atoms with Crippen LogP contribution in [0.1, 0.15) is 16.8 Å². The van der Waals surface area contributed by atoms with E-state index in [0.29, 0.717) is 12.1 Å². The highest BCUT2D eigenvalue weighted by Crippen LogP contribution is 2.32. The lowest BCUT2D eigenvalue weighted by Crippen LogP contribution is -2.44. The molecule has 3 rings (SSSR count). The topological polar surface area (TPSA) is 110 Å². The zero-order valence-electron chi connectivity index (χ0n) is 16.2. The number of fused-ring (bicyclic) bond motifs is 1. The number of aromatic nitrogens is 1. The van der Waals surface area contributed by atoms with E-state index in [4.69, 9.17) is 10.6 Å². The normalized spacial score (nSPS) is 18.2. The Hall–Kier alpha value is -3.08. The first-order chi connectivity index (χ1) is 14.3. The molecule has 0 amide bonds. The lowest BCUT2D eigenvalue weighted by molar-refractivity contribution is 0.0694. The SMILES string of the molecule is CO/N=C1\CCN(c2c(F)cc3c(=O)c(C(=O)O)cn(CCF)c3c2F)CC1CN. The standard InChI is InChI=1S/C19H21F3N4O4/c1-30-24-14-2-4-25(8-10(14)7-23)17-13(21)6-11-16(15(17)22)26(5-3-20)9-12(18(11)27)19(28)29/h6,9-10H,2-5,7-8,23H2,1H3,(H,28,29)/b24-14+. The predicted molar refractivity (Wildman–Crippen MR) is 105 cm³/mol. The van der Waals surface area contributed by atoms with Crippen molar-refractivity contribution in [3.05, 3.63) is 39.7 Å². The van der Waals surface area contributed by atoms with Crippen molar-refractivity contribution in [2.24, 2.45) is 16.8 Å². The Kier molecular flexibility index (Phi) is 6.30. The van der Waals surface area contributed by atoms with E-state index < -0.39 is 47.2 Å². The Morgan fingerprint density at radius 2 is 2.17 bits per heavy atom. The molecular formula is C19H21F3N4O4. The monoisotopic (exact) mass is 426 g/mol. The number of carboxylic acid groups (broad SMARTS) is 1. The molecule has 0 saturated carbocycles. The van der Waals surface area contributed by atoms with Crippen LogP contribution in [0.3, 0.4) is 0 Å². The third-order valence-electron chi connectivity index (χ3n) is 5.14. The first kappa shape index (κ1) is 21.6. The van der Waals surface area contributed by atoms with E-state index in [9.17, 15) is 23.5 Å². The number of nitrogens with two attached hydrogens (primary N) is 1. The molecule has 2 heterocycles. The number of carbonyl (C=O) groups is 1. The lowest BCUT2D eigenvalue weighted by atomic mass is 9.95. The van der Waals surface area contributed by atoms with Gasteiger partial charge >= 0.3 is 5.97 Å². The van der Waals surface area contributed by atoms with Crippen molar-refractivity contribution < 1.29 is 27.9 Å². The minimum Gasteiger partial charge on any atom is -0.477 e. The second-order valence-electron chi connectivity index (χ2n) is 6.87. The number of oxime groups is 1. The Labute approximate surface area is 169 Å². The van der Waals surface area contributed by atoms with Gasteiger partial charge in [0.05, 0.1) is 23.2 Å². The van der Waals surface area contributed by atoms with Crippen LogP contribution >= 0.6 is 0 Å². The average Bonchev–Trinajstić information content (AvgIpc) is 2.71. The fraction of sp³-hybridized carbons (Fsp3) is 0.421. The van der Waals surface area contributed by atoms with Crippen molar-refractivity contribution in [1.29, 1.82) is 0 Å². The zero-order valence-corrected chi connectivity index (χ0v) is 16.2. The van der Waals surface area contributed by atoms with Gasteiger partial charge in [0.15, 0.2) is 5.82 Å². The molecule has 1 aromatic carbocycles. The summed E-state index contributed by atoms with van der Waals surface area (Å²) < 4.78 is 44.4. The van der Waals surface area contributed by atoms with Crippen LogP contribution in [0.25, 0.3) is 10.9 Å². The molecule has 1 aliphatic rings. The van der Waals surface area contributed by atoms with Crippen LogP contribution < -0.4 is 16.1 Å². The molecule has 1 atom stereocenters. The summed E-state index contributed by atoms with van der Waals surface area (Å²) in [6, 6.07) is 0.799. The Morgan fingerprint density at radius 1 is 1.43 bits per heavy atom. The van der Waals surface area contributed by atoms with Crippen molar-refractivity contribution >= 4 is 28.3 Å². The number of aryl methyl sites for hydroxylation is 1. The maximum atomic E-state index is 15.5. The maximum absolute atomic E-state index is 15.5. The Morgan fingerprint density at radius 3 is 2.77 bits per heavy atom. The van der Waals surface area contributed by atoms with Gasteiger partial charge in [-0.2, -0.15) is 0 Å². The third-order valence-corrected chi connectivity index (χ3v) is 5.14. The quantitative estimate of drug-likeness (QED) is 0.681. The molecule has 30 heavy (non-hydrogen) atoms. The minimum atomic E-state index is -1.56. The Bertz CT molecular complexity index is 1070. The van der Waals surface area contributed by atoms with E-state index in [-0.39, 0.29) is 36.8 Å². The number of rotatable bonds is 6. The maximum Gasteiger partial charge on any atom is 0.341 e. The number of piperidine rings is 1. The highest BCUT2D eigenvalue weighted by atomic mass is 19.1. The van der Waals surface area contributed by atoms with Crippen molar-refractivity contribution in [3.63, 3.8) is 0 Å². The van der Waals surface area contributed by atoms with E-state index in [1.165, 1.54) is 12.0 Å². The first-order valence-corrected chi connectivity index (χ1v) is 9.23. The summed E-state index contributed by atoms with van der Waals surface area (Å²) >= 11 is 0. The number of alkyl halides is 1. The van der Waals surface area contributed by atoms with E-state index in [1.54, 1.807) is 0 Å². The summed E-state index contributed by atoms with van der Waals surface area (Å²) in [6.07, 6.45) is 1.24. The molecule has 1 saturated heterocycles. The number of nitrogens with zero attached hydrogens (tertiary/aromatic N) is 3. The minimum absolute atomic E-state index is 0.165. The summed E-state index contributed by atoms with van der Waals surface area (Å²) in [5, 5.41) is 12.7. The molecule has 11 heteroatoms. The highest BCUT2D eigenvalue weighted by Gasteiger charge is 2.31. The lowest BCUT2D eigenvalue weighted by Gasteiger charge is -2.35. The fourth-order valence-corrected chi connectivity index (χ4v) is 3.75. The largest absolute Gasteiger partial charge is 0.477 e. The molecule has 2 aromatic rings. The smallest absolute Gasteiger partial charge is 0.341 e. The van der Waals surface area contributed by atoms with Gasteiger partial charge in [0.2, 0.25) is 5.43 Å². The molecule has 1 aliphatic heterocycles. The second kappa shape index (κ2) is 8.74. The number of pyridine rings is 1. The van der Waals surface area contributed by atoms with E-state index in [2.05, 4.69) is 5.16 Å². The number of aromatic carboxylic acids is 1. The molecule has 1 fully saturated rings. The van der Waals surface area contributed by atoms with Gasteiger partial charge in [-0.05, 0) is 6.07 Å². The summed E-state index contributed by atoms with van der Waals surface area (Å²) in [5.74, 6) is -3.94. The predicted octanol–water partition coefficient (Wildman–Crippen LogP) is 1.73. The Balaban J connectivity index is 2.19. The highest BCUT2D eigenvalue weighted by molar-refractivity contribution is 5.94. The number of halogens is 3.